The number of hydrogen-bond acceptors (Lipinski definition) is 4. The maximum absolute atomic E-state index is 12.4. The van der Waals surface area contributed by atoms with Crippen molar-refractivity contribution in [1.29, 1.82) is 0 Å². The van der Waals surface area contributed by atoms with E-state index in [0.717, 1.165) is 5.56 Å². The zero-order valence-electron chi connectivity index (χ0n) is 13.0. The Hall–Kier alpha value is -2.88. The fraction of sp³-hybridized carbons (Fsp3) is 0.158. The average molecular weight is 309 g/mol. The van der Waals surface area contributed by atoms with Crippen molar-refractivity contribution in [3.8, 4) is 0 Å². The molecule has 0 spiro atoms. The van der Waals surface area contributed by atoms with Crippen LogP contribution in [-0.2, 0) is 9.53 Å². The molecule has 0 aliphatic rings. The molecular weight excluding hydrogens is 290 g/mol. The van der Waals surface area contributed by atoms with Gasteiger partial charge in [-0.1, -0.05) is 60.7 Å². The Morgan fingerprint density at radius 1 is 0.957 bits per heavy atom. The average Bonchev–Trinajstić information content (AvgIpc) is 2.60. The van der Waals surface area contributed by atoms with Gasteiger partial charge < -0.3 is 10.1 Å². The van der Waals surface area contributed by atoms with Crippen LogP contribution in [0.5, 0.6) is 0 Å². The summed E-state index contributed by atoms with van der Waals surface area (Å²) in [5.41, 5.74) is 2.02. The first-order valence-electron chi connectivity index (χ1n) is 7.46. The van der Waals surface area contributed by atoms with E-state index < -0.39 is 0 Å². The largest absolute Gasteiger partial charge is 0.465 e. The van der Waals surface area contributed by atoms with Crippen LogP contribution in [0.2, 0.25) is 0 Å². The van der Waals surface area contributed by atoms with Gasteiger partial charge in [0.2, 0.25) is 0 Å². The van der Waals surface area contributed by atoms with Crippen molar-refractivity contribution in [3.63, 3.8) is 0 Å². The smallest absolute Gasteiger partial charge is 0.325 e. The summed E-state index contributed by atoms with van der Waals surface area (Å²) in [6.07, 6.45) is 1.50. The molecule has 0 aromatic heterocycles. The molecule has 0 atom stereocenters. The maximum Gasteiger partial charge on any atom is 0.325 e. The highest BCUT2D eigenvalue weighted by Crippen LogP contribution is 2.13. The van der Waals surface area contributed by atoms with E-state index in [4.69, 9.17) is 4.74 Å². The van der Waals surface area contributed by atoms with Crippen molar-refractivity contribution in [3.05, 3.63) is 77.9 Å². The zero-order chi connectivity index (χ0) is 16.5. The number of carbonyl (C=O) groups excluding carboxylic acids is 2. The molecule has 0 saturated carbocycles. The van der Waals surface area contributed by atoms with Gasteiger partial charge in [-0.3, -0.25) is 9.59 Å². The molecule has 0 unspecified atom stereocenters. The van der Waals surface area contributed by atoms with Crippen LogP contribution in [0.1, 0.15) is 22.8 Å². The second-order valence-electron chi connectivity index (χ2n) is 4.81. The van der Waals surface area contributed by atoms with Gasteiger partial charge in [0.25, 0.3) is 0 Å². The molecule has 4 nitrogen and oxygen atoms in total. The molecule has 0 amide bonds. The molecule has 1 N–H and O–H groups in total. The number of benzene rings is 2. The quantitative estimate of drug-likeness (QED) is 0.485. The SMILES string of the molecule is CCOC(=O)CN/C(=C\C(=O)c1ccccc1)c1ccccc1. The topological polar surface area (TPSA) is 55.4 Å². The lowest BCUT2D eigenvalue weighted by atomic mass is 10.1. The Kier molecular flexibility index (Phi) is 6.12. The highest BCUT2D eigenvalue weighted by atomic mass is 16.5. The van der Waals surface area contributed by atoms with E-state index in [1.54, 1.807) is 19.1 Å². The fourth-order valence-corrected chi connectivity index (χ4v) is 2.05. The van der Waals surface area contributed by atoms with Gasteiger partial charge in [0, 0.05) is 17.3 Å². The van der Waals surface area contributed by atoms with Crippen molar-refractivity contribution in [1.82, 2.24) is 5.32 Å². The lowest BCUT2D eigenvalue weighted by Gasteiger charge is -2.11. The van der Waals surface area contributed by atoms with E-state index in [-0.39, 0.29) is 18.3 Å². The number of hydrogen-bond donors (Lipinski definition) is 1. The Morgan fingerprint density at radius 2 is 1.52 bits per heavy atom. The van der Waals surface area contributed by atoms with Gasteiger partial charge in [-0.05, 0) is 12.5 Å². The van der Waals surface area contributed by atoms with Crippen LogP contribution in [0.4, 0.5) is 0 Å². The normalized spacial score (nSPS) is 10.9. The minimum Gasteiger partial charge on any atom is -0.465 e. The molecule has 2 rings (SSSR count). The Labute approximate surface area is 135 Å². The van der Waals surface area contributed by atoms with Crippen molar-refractivity contribution in [2.75, 3.05) is 13.2 Å². The molecule has 2 aromatic rings. The highest BCUT2D eigenvalue weighted by molar-refractivity contribution is 6.08. The van der Waals surface area contributed by atoms with Crippen LogP contribution < -0.4 is 5.32 Å². The monoisotopic (exact) mass is 309 g/mol. The number of allylic oxidation sites excluding steroid dienone is 1. The lowest BCUT2D eigenvalue weighted by molar-refractivity contribution is -0.141. The van der Waals surface area contributed by atoms with Crippen LogP contribution in [0.25, 0.3) is 5.70 Å². The van der Waals surface area contributed by atoms with Crippen LogP contribution in [0.15, 0.2) is 66.7 Å². The predicted octanol–water partition coefficient (Wildman–Crippen LogP) is 3.06. The molecular formula is C19H19NO3. The second kappa shape index (κ2) is 8.54. The third kappa shape index (κ3) is 5.11. The number of ketones is 1. The number of esters is 1. The summed E-state index contributed by atoms with van der Waals surface area (Å²) in [7, 11) is 0. The number of rotatable bonds is 7. The van der Waals surface area contributed by atoms with Crippen LogP contribution in [0.3, 0.4) is 0 Å². The second-order valence-corrected chi connectivity index (χ2v) is 4.81. The Morgan fingerprint density at radius 3 is 2.09 bits per heavy atom. The van der Waals surface area contributed by atoms with Crippen molar-refractivity contribution >= 4 is 17.4 Å². The maximum atomic E-state index is 12.4. The first kappa shape index (κ1) is 16.5. The summed E-state index contributed by atoms with van der Waals surface area (Å²) < 4.78 is 4.90. The van der Waals surface area contributed by atoms with Gasteiger partial charge in [-0.25, -0.2) is 0 Å². The Balaban J connectivity index is 2.21. The molecule has 0 fully saturated rings. The van der Waals surface area contributed by atoms with Crippen molar-refractivity contribution in [2.45, 2.75) is 6.92 Å². The van der Waals surface area contributed by atoms with Gasteiger partial charge in [-0.15, -0.1) is 0 Å². The van der Waals surface area contributed by atoms with Gasteiger partial charge in [-0.2, -0.15) is 0 Å². The van der Waals surface area contributed by atoms with E-state index in [0.29, 0.717) is 17.9 Å². The Bertz CT molecular complexity index is 678. The fourth-order valence-electron chi connectivity index (χ4n) is 2.05. The van der Waals surface area contributed by atoms with E-state index in [9.17, 15) is 9.59 Å². The summed E-state index contributed by atoms with van der Waals surface area (Å²) >= 11 is 0. The summed E-state index contributed by atoms with van der Waals surface area (Å²) in [5.74, 6) is -0.484. The van der Waals surface area contributed by atoms with Crippen LogP contribution in [-0.4, -0.2) is 24.9 Å². The minimum atomic E-state index is -0.360. The van der Waals surface area contributed by atoms with Gasteiger partial charge in [0.1, 0.15) is 6.54 Å². The molecule has 2 aromatic carbocycles. The standard InChI is InChI=1S/C19H19NO3/c1-2-23-19(22)14-20-17(15-9-5-3-6-10-15)13-18(21)16-11-7-4-8-12-16/h3-13,20H,2,14H2,1H3/b17-13-. The van der Waals surface area contributed by atoms with E-state index in [1.807, 2.05) is 48.5 Å². The van der Waals surface area contributed by atoms with Crippen LogP contribution in [0, 0.1) is 0 Å². The van der Waals surface area contributed by atoms with Crippen molar-refractivity contribution in [2.24, 2.45) is 0 Å². The molecule has 118 valence electrons. The number of ether oxygens (including phenoxy) is 1. The first-order chi connectivity index (χ1) is 11.2. The molecule has 0 aliphatic heterocycles. The summed E-state index contributed by atoms with van der Waals surface area (Å²) in [6.45, 7) is 2.09. The molecule has 0 aliphatic carbocycles. The third-order valence-corrected chi connectivity index (χ3v) is 3.15. The van der Waals surface area contributed by atoms with Crippen LogP contribution >= 0.6 is 0 Å². The lowest BCUT2D eigenvalue weighted by Crippen LogP contribution is -2.24. The molecule has 0 heterocycles. The molecule has 4 heteroatoms. The summed E-state index contributed by atoms with van der Waals surface area (Å²) in [6, 6.07) is 18.4. The molecule has 0 radical (unpaired) electrons. The summed E-state index contributed by atoms with van der Waals surface area (Å²) in [4.78, 5) is 23.9. The number of carbonyl (C=O) groups is 2. The number of nitrogens with one attached hydrogen (secondary N) is 1. The van der Waals surface area contributed by atoms with E-state index in [1.165, 1.54) is 6.08 Å². The third-order valence-electron chi connectivity index (χ3n) is 3.15. The van der Waals surface area contributed by atoms with Gasteiger partial charge in [0.15, 0.2) is 5.78 Å². The van der Waals surface area contributed by atoms with Gasteiger partial charge >= 0.3 is 5.97 Å². The molecule has 0 bridgehead atoms. The van der Waals surface area contributed by atoms with E-state index in [2.05, 4.69) is 5.32 Å². The van der Waals surface area contributed by atoms with Gasteiger partial charge in [0.05, 0.1) is 6.61 Å². The van der Waals surface area contributed by atoms with Crippen molar-refractivity contribution < 1.29 is 14.3 Å². The van der Waals surface area contributed by atoms with E-state index >= 15 is 0 Å². The highest BCUT2D eigenvalue weighted by Gasteiger charge is 2.09. The molecule has 23 heavy (non-hydrogen) atoms. The zero-order valence-corrected chi connectivity index (χ0v) is 13.0. The molecule has 0 saturated heterocycles. The first-order valence-corrected chi connectivity index (χ1v) is 7.46. The summed E-state index contributed by atoms with van der Waals surface area (Å²) in [5, 5.41) is 2.99. The minimum absolute atomic E-state index is 0.0106. The predicted molar refractivity (Wildman–Crippen MR) is 89.8 cm³/mol.